The summed E-state index contributed by atoms with van der Waals surface area (Å²) >= 11 is 5.99. The molecule has 0 aliphatic rings. The minimum Gasteiger partial charge on any atom is -0.388 e. The van der Waals surface area contributed by atoms with Crippen molar-refractivity contribution < 1.29 is 13.9 Å². The topological polar surface area (TPSA) is 46.2 Å². The van der Waals surface area contributed by atoms with Gasteiger partial charge in [0.25, 0.3) is 0 Å². The van der Waals surface area contributed by atoms with Gasteiger partial charge in [-0.1, -0.05) is 29.8 Å². The number of aliphatic hydroxyl groups is 1. The SMILES string of the molecule is NCC(c1c(F)cccc1Cl)C(O)c1cccc(F)c1. The fourth-order valence-electron chi connectivity index (χ4n) is 2.19. The molecule has 0 aliphatic heterocycles. The maximum Gasteiger partial charge on any atom is 0.128 e. The predicted molar refractivity (Wildman–Crippen MR) is 74.6 cm³/mol. The molecule has 0 aromatic heterocycles. The highest BCUT2D eigenvalue weighted by Crippen LogP contribution is 2.35. The van der Waals surface area contributed by atoms with E-state index in [0.717, 1.165) is 0 Å². The number of rotatable bonds is 4. The zero-order valence-corrected chi connectivity index (χ0v) is 11.3. The lowest BCUT2D eigenvalue weighted by atomic mass is 9.88. The smallest absolute Gasteiger partial charge is 0.128 e. The molecule has 0 aliphatic carbocycles. The third kappa shape index (κ3) is 2.98. The number of hydrogen-bond acceptors (Lipinski definition) is 2. The van der Waals surface area contributed by atoms with E-state index >= 15 is 0 Å². The Hall–Kier alpha value is -1.49. The van der Waals surface area contributed by atoms with Gasteiger partial charge in [-0.2, -0.15) is 0 Å². The number of benzene rings is 2. The fraction of sp³-hybridized carbons (Fsp3) is 0.200. The van der Waals surface area contributed by atoms with E-state index in [2.05, 4.69) is 0 Å². The van der Waals surface area contributed by atoms with Crippen LogP contribution in [0.25, 0.3) is 0 Å². The van der Waals surface area contributed by atoms with Gasteiger partial charge in [0.2, 0.25) is 0 Å². The van der Waals surface area contributed by atoms with E-state index in [-0.39, 0.29) is 17.1 Å². The number of halogens is 3. The van der Waals surface area contributed by atoms with Gasteiger partial charge in [-0.25, -0.2) is 8.78 Å². The molecule has 20 heavy (non-hydrogen) atoms. The lowest BCUT2D eigenvalue weighted by molar-refractivity contribution is 0.145. The molecule has 2 nitrogen and oxygen atoms in total. The van der Waals surface area contributed by atoms with Crippen molar-refractivity contribution in [2.24, 2.45) is 5.73 Å². The van der Waals surface area contributed by atoms with Gasteiger partial charge in [0.15, 0.2) is 0 Å². The van der Waals surface area contributed by atoms with Crippen molar-refractivity contribution in [2.75, 3.05) is 6.54 Å². The van der Waals surface area contributed by atoms with Gasteiger partial charge in [-0.15, -0.1) is 0 Å². The number of hydrogen-bond donors (Lipinski definition) is 2. The average Bonchev–Trinajstić information content (AvgIpc) is 2.42. The van der Waals surface area contributed by atoms with Crippen molar-refractivity contribution in [2.45, 2.75) is 12.0 Å². The summed E-state index contributed by atoms with van der Waals surface area (Å²) in [6.07, 6.45) is -1.13. The van der Waals surface area contributed by atoms with Crippen molar-refractivity contribution in [3.63, 3.8) is 0 Å². The molecule has 2 aromatic carbocycles. The van der Waals surface area contributed by atoms with Crippen LogP contribution in [0.3, 0.4) is 0 Å². The van der Waals surface area contributed by atoms with Crippen LogP contribution in [0.4, 0.5) is 8.78 Å². The molecule has 0 saturated heterocycles. The maximum atomic E-state index is 13.9. The zero-order valence-electron chi connectivity index (χ0n) is 10.6. The van der Waals surface area contributed by atoms with Crippen LogP contribution in [0.2, 0.25) is 5.02 Å². The van der Waals surface area contributed by atoms with Crippen LogP contribution in [-0.4, -0.2) is 11.7 Å². The Morgan fingerprint density at radius 1 is 1.15 bits per heavy atom. The summed E-state index contributed by atoms with van der Waals surface area (Å²) in [4.78, 5) is 0. The lowest BCUT2D eigenvalue weighted by Gasteiger charge is -2.23. The Morgan fingerprint density at radius 2 is 1.85 bits per heavy atom. The summed E-state index contributed by atoms with van der Waals surface area (Å²) < 4.78 is 27.1. The lowest BCUT2D eigenvalue weighted by Crippen LogP contribution is -2.21. The summed E-state index contributed by atoms with van der Waals surface area (Å²) in [5.74, 6) is -1.76. The van der Waals surface area contributed by atoms with Crippen LogP contribution < -0.4 is 5.73 Å². The molecule has 0 heterocycles. The van der Waals surface area contributed by atoms with Gasteiger partial charge in [0, 0.05) is 23.0 Å². The van der Waals surface area contributed by atoms with Gasteiger partial charge < -0.3 is 10.8 Å². The Balaban J connectivity index is 2.42. The van der Waals surface area contributed by atoms with E-state index in [4.69, 9.17) is 17.3 Å². The fourth-order valence-corrected chi connectivity index (χ4v) is 2.50. The molecule has 0 fully saturated rings. The molecule has 0 bridgehead atoms. The molecule has 0 saturated carbocycles. The van der Waals surface area contributed by atoms with Crippen LogP contribution >= 0.6 is 11.6 Å². The number of nitrogens with two attached hydrogens (primary N) is 1. The van der Waals surface area contributed by atoms with Gasteiger partial charge in [0.05, 0.1) is 6.10 Å². The maximum absolute atomic E-state index is 13.9. The summed E-state index contributed by atoms with van der Waals surface area (Å²) in [7, 11) is 0. The van der Waals surface area contributed by atoms with Crippen molar-refractivity contribution in [1.82, 2.24) is 0 Å². The third-order valence-electron chi connectivity index (χ3n) is 3.20. The normalized spacial score (nSPS) is 14.1. The minimum absolute atomic E-state index is 0.0155. The third-order valence-corrected chi connectivity index (χ3v) is 3.53. The second kappa shape index (κ2) is 6.31. The van der Waals surface area contributed by atoms with Gasteiger partial charge in [-0.3, -0.25) is 0 Å². The molecule has 106 valence electrons. The van der Waals surface area contributed by atoms with E-state index in [1.54, 1.807) is 6.07 Å². The van der Waals surface area contributed by atoms with E-state index in [9.17, 15) is 13.9 Å². The summed E-state index contributed by atoms with van der Waals surface area (Å²) in [6, 6.07) is 9.76. The molecule has 2 atom stereocenters. The van der Waals surface area contributed by atoms with Crippen LogP contribution in [0.15, 0.2) is 42.5 Å². The summed E-state index contributed by atoms with van der Waals surface area (Å²) in [5, 5.41) is 10.5. The molecule has 5 heteroatoms. The van der Waals surface area contributed by atoms with Crippen molar-refractivity contribution in [3.8, 4) is 0 Å². The molecular formula is C15H14ClF2NO. The second-order valence-corrected chi connectivity index (χ2v) is 4.88. The highest BCUT2D eigenvalue weighted by atomic mass is 35.5. The average molecular weight is 298 g/mol. The molecular weight excluding hydrogens is 284 g/mol. The largest absolute Gasteiger partial charge is 0.388 e. The van der Waals surface area contributed by atoms with Crippen LogP contribution in [-0.2, 0) is 0 Å². The van der Waals surface area contributed by atoms with Crippen LogP contribution in [0, 0.1) is 11.6 Å². The van der Waals surface area contributed by atoms with Gasteiger partial charge >= 0.3 is 0 Å². The minimum atomic E-state index is -1.13. The standard InChI is InChI=1S/C15H14ClF2NO/c16-12-5-2-6-13(18)14(12)11(8-19)15(20)9-3-1-4-10(17)7-9/h1-7,11,15,20H,8,19H2. The van der Waals surface area contributed by atoms with Gasteiger partial charge in [0.1, 0.15) is 11.6 Å². The molecule has 2 unspecified atom stereocenters. The molecule has 2 rings (SSSR count). The zero-order chi connectivity index (χ0) is 14.7. The monoisotopic (exact) mass is 297 g/mol. The Labute approximate surface area is 120 Å². The molecule has 3 N–H and O–H groups in total. The Kier molecular flexibility index (Phi) is 4.70. The van der Waals surface area contributed by atoms with Crippen LogP contribution in [0.1, 0.15) is 23.1 Å². The van der Waals surface area contributed by atoms with E-state index in [1.165, 1.54) is 36.4 Å². The Morgan fingerprint density at radius 3 is 2.45 bits per heavy atom. The van der Waals surface area contributed by atoms with Crippen LogP contribution in [0.5, 0.6) is 0 Å². The summed E-state index contributed by atoms with van der Waals surface area (Å²) in [5.41, 5.74) is 6.12. The van der Waals surface area contributed by atoms with E-state index in [1.807, 2.05) is 0 Å². The van der Waals surface area contributed by atoms with Gasteiger partial charge in [-0.05, 0) is 29.8 Å². The Bertz CT molecular complexity index is 586. The first-order valence-corrected chi connectivity index (χ1v) is 6.50. The molecule has 0 radical (unpaired) electrons. The molecule has 2 aromatic rings. The predicted octanol–water partition coefficient (Wildman–Crippen LogP) is 3.39. The number of aliphatic hydroxyl groups excluding tert-OH is 1. The first kappa shape index (κ1) is 14.9. The quantitative estimate of drug-likeness (QED) is 0.908. The first-order chi connectivity index (χ1) is 9.54. The molecule has 0 amide bonds. The second-order valence-electron chi connectivity index (χ2n) is 4.48. The van der Waals surface area contributed by atoms with Crippen molar-refractivity contribution >= 4 is 11.6 Å². The first-order valence-electron chi connectivity index (χ1n) is 6.12. The highest BCUT2D eigenvalue weighted by Gasteiger charge is 2.26. The van der Waals surface area contributed by atoms with Crippen molar-refractivity contribution in [1.29, 1.82) is 0 Å². The summed E-state index contributed by atoms with van der Waals surface area (Å²) in [6.45, 7) is -0.0155. The molecule has 0 spiro atoms. The highest BCUT2D eigenvalue weighted by molar-refractivity contribution is 6.31. The van der Waals surface area contributed by atoms with E-state index in [0.29, 0.717) is 5.56 Å². The van der Waals surface area contributed by atoms with E-state index < -0.39 is 23.7 Å². The van der Waals surface area contributed by atoms with Crippen molar-refractivity contribution in [3.05, 3.63) is 70.2 Å².